The summed E-state index contributed by atoms with van der Waals surface area (Å²) < 4.78 is 0. The average Bonchev–Trinajstić information content (AvgIpc) is 2.50. The van der Waals surface area contributed by atoms with Crippen molar-refractivity contribution < 1.29 is 0 Å². The van der Waals surface area contributed by atoms with E-state index in [0.29, 0.717) is 0 Å². The first-order valence-electron chi connectivity index (χ1n) is 4.69. The Morgan fingerprint density at radius 2 is 1.85 bits per heavy atom. The van der Waals surface area contributed by atoms with Gasteiger partial charge < -0.3 is 0 Å². The van der Waals surface area contributed by atoms with Crippen molar-refractivity contribution in [2.75, 3.05) is 0 Å². The van der Waals surface area contributed by atoms with E-state index >= 15 is 0 Å². The number of fused-ring (bicyclic) bond motifs is 1. The summed E-state index contributed by atoms with van der Waals surface area (Å²) in [7, 11) is 0. The quantitative estimate of drug-likeness (QED) is 0.655. The van der Waals surface area contributed by atoms with Gasteiger partial charge in [0.05, 0.1) is 5.52 Å². The zero-order valence-electron chi connectivity index (χ0n) is 8.46. The molecule has 0 aliphatic rings. The molecule has 0 aliphatic carbocycles. The van der Waals surface area contributed by atoms with Crippen LogP contribution in [0.3, 0.4) is 0 Å². The Bertz CT molecular complexity index is 363. The van der Waals surface area contributed by atoms with Gasteiger partial charge in [-0.05, 0) is 13.0 Å². The molecule has 0 atom stereocenters. The van der Waals surface area contributed by atoms with Gasteiger partial charge in [0.15, 0.2) is 0 Å². The number of nitrogens with zero attached hydrogens (tertiary/aromatic N) is 1. The van der Waals surface area contributed by atoms with Crippen molar-refractivity contribution in [3.05, 3.63) is 30.0 Å². The monoisotopic (exact) mass is 176 g/mol. The second-order valence-electron chi connectivity index (χ2n) is 3.07. The van der Waals surface area contributed by atoms with Gasteiger partial charge in [-0.15, -0.1) is 0 Å². The number of para-hydroxylation sites is 1. The van der Waals surface area contributed by atoms with E-state index in [1.165, 1.54) is 11.8 Å². The van der Waals surface area contributed by atoms with Gasteiger partial charge in [-0.3, -0.25) is 5.10 Å². The maximum Gasteiger partial charge on any atom is 0.0923 e. The fourth-order valence-electron chi connectivity index (χ4n) is 1.09. The van der Waals surface area contributed by atoms with E-state index in [1.54, 1.807) is 0 Å². The Hall–Kier alpha value is -1.31. The maximum absolute atomic E-state index is 4.09. The minimum Gasteiger partial charge on any atom is -0.282 e. The number of aromatic amines is 1. The molecule has 2 heteroatoms. The first kappa shape index (κ1) is 9.78. The van der Waals surface area contributed by atoms with Crippen LogP contribution in [0.1, 0.15) is 26.0 Å². The highest BCUT2D eigenvalue weighted by Gasteiger charge is 1.96. The molecule has 2 rings (SSSR count). The minimum atomic E-state index is 1.04. The summed E-state index contributed by atoms with van der Waals surface area (Å²) >= 11 is 0. The second-order valence-corrected chi connectivity index (χ2v) is 3.07. The number of hydrogen-bond acceptors (Lipinski definition) is 1. The molecule has 0 radical (unpaired) electrons. The number of aromatic nitrogens is 2. The van der Waals surface area contributed by atoms with Gasteiger partial charge >= 0.3 is 0 Å². The van der Waals surface area contributed by atoms with Crippen molar-refractivity contribution in [2.45, 2.75) is 27.2 Å². The number of rotatable bonds is 0. The third kappa shape index (κ3) is 2.31. The molecule has 1 heterocycles. The maximum atomic E-state index is 4.09. The number of hydrogen-bond donors (Lipinski definition) is 1. The fraction of sp³-hybridized carbons (Fsp3) is 0.364. The summed E-state index contributed by atoms with van der Waals surface area (Å²) in [4.78, 5) is 0. The average molecular weight is 176 g/mol. The van der Waals surface area contributed by atoms with Crippen molar-refractivity contribution in [3.8, 4) is 0 Å². The number of aryl methyl sites for hydroxylation is 1. The zero-order chi connectivity index (χ0) is 9.68. The van der Waals surface area contributed by atoms with Crippen LogP contribution in [0.2, 0.25) is 0 Å². The standard InChI is InChI=1S/C8H8N2.C3H8/c1-6-7-4-2-3-5-8(7)10-9-6;1-3-2/h2-5H,1H3,(H,9,10);3H2,1-2H3. The van der Waals surface area contributed by atoms with Crippen LogP contribution in [-0.4, -0.2) is 10.2 Å². The molecule has 0 amide bonds. The predicted molar refractivity (Wildman–Crippen MR) is 56.8 cm³/mol. The summed E-state index contributed by atoms with van der Waals surface area (Å²) in [6.07, 6.45) is 1.25. The Balaban J connectivity index is 0.000000251. The molecule has 1 aromatic heterocycles. The number of benzene rings is 1. The van der Waals surface area contributed by atoms with E-state index < -0.39 is 0 Å². The molecular formula is C11H16N2. The van der Waals surface area contributed by atoms with Crippen LogP contribution in [0.15, 0.2) is 24.3 Å². The third-order valence-electron chi connectivity index (χ3n) is 1.65. The highest BCUT2D eigenvalue weighted by molar-refractivity contribution is 5.80. The molecule has 0 unspecified atom stereocenters. The van der Waals surface area contributed by atoms with Crippen LogP contribution in [-0.2, 0) is 0 Å². The summed E-state index contributed by atoms with van der Waals surface area (Å²) in [5.41, 5.74) is 2.18. The lowest BCUT2D eigenvalue weighted by molar-refractivity contribution is 1.07. The Labute approximate surface area is 79.0 Å². The van der Waals surface area contributed by atoms with Gasteiger partial charge in [-0.25, -0.2) is 0 Å². The van der Waals surface area contributed by atoms with Crippen LogP contribution >= 0.6 is 0 Å². The molecule has 0 aliphatic heterocycles. The smallest absolute Gasteiger partial charge is 0.0923 e. The Morgan fingerprint density at radius 3 is 2.46 bits per heavy atom. The lowest BCUT2D eigenvalue weighted by Crippen LogP contribution is -1.67. The van der Waals surface area contributed by atoms with Crippen LogP contribution < -0.4 is 0 Å². The van der Waals surface area contributed by atoms with E-state index in [-0.39, 0.29) is 0 Å². The molecule has 70 valence electrons. The van der Waals surface area contributed by atoms with Gasteiger partial charge in [0.2, 0.25) is 0 Å². The topological polar surface area (TPSA) is 28.7 Å². The molecule has 0 spiro atoms. The van der Waals surface area contributed by atoms with Crippen LogP contribution in [0.5, 0.6) is 0 Å². The van der Waals surface area contributed by atoms with Crippen molar-refractivity contribution in [1.29, 1.82) is 0 Å². The zero-order valence-corrected chi connectivity index (χ0v) is 8.46. The minimum absolute atomic E-state index is 1.04. The van der Waals surface area contributed by atoms with Gasteiger partial charge in [-0.1, -0.05) is 38.5 Å². The summed E-state index contributed by atoms with van der Waals surface area (Å²) in [5, 5.41) is 8.23. The molecular weight excluding hydrogens is 160 g/mol. The Morgan fingerprint density at radius 1 is 1.23 bits per heavy atom. The molecule has 1 aromatic carbocycles. The van der Waals surface area contributed by atoms with Crippen molar-refractivity contribution in [2.24, 2.45) is 0 Å². The van der Waals surface area contributed by atoms with Crippen molar-refractivity contribution >= 4 is 10.9 Å². The van der Waals surface area contributed by atoms with Gasteiger partial charge in [-0.2, -0.15) is 5.10 Å². The molecule has 1 N–H and O–H groups in total. The molecule has 2 aromatic rings. The van der Waals surface area contributed by atoms with E-state index in [9.17, 15) is 0 Å². The highest BCUT2D eigenvalue weighted by Crippen LogP contribution is 2.12. The Kier molecular flexibility index (Phi) is 3.50. The van der Waals surface area contributed by atoms with E-state index in [4.69, 9.17) is 0 Å². The molecule has 0 bridgehead atoms. The normalized spacial score (nSPS) is 9.46. The fourth-order valence-corrected chi connectivity index (χ4v) is 1.09. The van der Waals surface area contributed by atoms with Crippen LogP contribution in [0.25, 0.3) is 10.9 Å². The van der Waals surface area contributed by atoms with E-state index in [0.717, 1.165) is 11.2 Å². The van der Waals surface area contributed by atoms with Gasteiger partial charge in [0.1, 0.15) is 0 Å². The van der Waals surface area contributed by atoms with Gasteiger partial charge in [0.25, 0.3) is 0 Å². The molecule has 13 heavy (non-hydrogen) atoms. The molecule has 0 saturated heterocycles. The number of nitrogens with one attached hydrogen (secondary N) is 1. The van der Waals surface area contributed by atoms with Crippen LogP contribution in [0, 0.1) is 6.92 Å². The number of H-pyrrole nitrogens is 1. The lowest BCUT2D eigenvalue weighted by atomic mass is 10.2. The SMILES string of the molecule is CCC.Cc1[nH]nc2ccccc12. The first-order valence-corrected chi connectivity index (χ1v) is 4.69. The lowest BCUT2D eigenvalue weighted by Gasteiger charge is -1.84. The van der Waals surface area contributed by atoms with E-state index in [2.05, 4.69) is 30.1 Å². The third-order valence-corrected chi connectivity index (χ3v) is 1.65. The second kappa shape index (κ2) is 4.65. The van der Waals surface area contributed by atoms with Gasteiger partial charge in [0, 0.05) is 11.1 Å². The van der Waals surface area contributed by atoms with Crippen molar-refractivity contribution in [1.82, 2.24) is 10.2 Å². The largest absolute Gasteiger partial charge is 0.282 e. The summed E-state index contributed by atoms with van der Waals surface area (Å²) in [5.74, 6) is 0. The molecule has 2 nitrogen and oxygen atoms in total. The van der Waals surface area contributed by atoms with Crippen molar-refractivity contribution in [3.63, 3.8) is 0 Å². The molecule has 0 saturated carbocycles. The summed E-state index contributed by atoms with van der Waals surface area (Å²) in [6, 6.07) is 8.07. The van der Waals surface area contributed by atoms with E-state index in [1.807, 2.05) is 25.1 Å². The highest BCUT2D eigenvalue weighted by atomic mass is 15.1. The first-order chi connectivity index (χ1) is 6.29. The predicted octanol–water partition coefficient (Wildman–Crippen LogP) is 3.29. The molecule has 0 fully saturated rings. The summed E-state index contributed by atoms with van der Waals surface area (Å²) in [6.45, 7) is 6.27. The van der Waals surface area contributed by atoms with Crippen LogP contribution in [0.4, 0.5) is 0 Å².